The zero-order valence-corrected chi connectivity index (χ0v) is 13.7. The van der Waals surface area contributed by atoms with Crippen molar-refractivity contribution < 1.29 is 4.79 Å². The highest BCUT2D eigenvalue weighted by molar-refractivity contribution is 9.10. The molecule has 106 valence electrons. The Hall–Kier alpha value is -0.870. The van der Waals surface area contributed by atoms with Crippen LogP contribution < -0.4 is 10.6 Å². The maximum Gasteiger partial charge on any atom is 0.233 e. The molecular formula is C15H23BrN2O. The molecule has 0 aromatic heterocycles. The zero-order valence-electron chi connectivity index (χ0n) is 12.1. The molecule has 0 fully saturated rings. The molecular weight excluding hydrogens is 304 g/mol. The van der Waals surface area contributed by atoms with Crippen LogP contribution in [0.3, 0.4) is 0 Å². The topological polar surface area (TPSA) is 41.1 Å². The highest BCUT2D eigenvalue weighted by Gasteiger charge is 2.21. The highest BCUT2D eigenvalue weighted by Crippen LogP contribution is 2.24. The van der Waals surface area contributed by atoms with Gasteiger partial charge in [-0.25, -0.2) is 0 Å². The predicted octanol–water partition coefficient (Wildman–Crippen LogP) is 2.84. The molecule has 1 rings (SSSR count). The smallest absolute Gasteiger partial charge is 0.233 e. The summed E-state index contributed by atoms with van der Waals surface area (Å²) in [4.78, 5) is 11.7. The second-order valence-corrected chi connectivity index (χ2v) is 6.62. The van der Waals surface area contributed by atoms with Gasteiger partial charge in [-0.2, -0.15) is 0 Å². The third kappa shape index (κ3) is 5.74. The van der Waals surface area contributed by atoms with E-state index in [9.17, 15) is 4.79 Å². The van der Waals surface area contributed by atoms with Crippen LogP contribution in [-0.4, -0.2) is 25.0 Å². The van der Waals surface area contributed by atoms with Crippen LogP contribution in [0.4, 0.5) is 0 Å². The van der Waals surface area contributed by atoms with Crippen molar-refractivity contribution >= 4 is 21.8 Å². The fraction of sp³-hybridized carbons (Fsp3) is 0.533. The molecule has 0 saturated carbocycles. The van der Waals surface area contributed by atoms with E-state index in [1.165, 1.54) is 5.56 Å². The lowest BCUT2D eigenvalue weighted by Crippen LogP contribution is -2.42. The van der Waals surface area contributed by atoms with E-state index in [1.807, 2.05) is 26.0 Å². The van der Waals surface area contributed by atoms with Gasteiger partial charge in [0, 0.05) is 22.5 Å². The van der Waals surface area contributed by atoms with Crippen molar-refractivity contribution in [2.75, 3.05) is 13.1 Å². The van der Waals surface area contributed by atoms with E-state index in [4.69, 9.17) is 0 Å². The molecule has 1 aromatic rings. The summed E-state index contributed by atoms with van der Waals surface area (Å²) in [5, 5.41) is 6.09. The quantitative estimate of drug-likeness (QED) is 0.844. The van der Waals surface area contributed by atoms with Gasteiger partial charge in [0.25, 0.3) is 0 Å². The summed E-state index contributed by atoms with van der Waals surface area (Å²) in [7, 11) is 0. The van der Waals surface area contributed by atoms with E-state index in [0.29, 0.717) is 19.1 Å². The van der Waals surface area contributed by atoms with Gasteiger partial charge in [-0.3, -0.25) is 4.79 Å². The highest BCUT2D eigenvalue weighted by atomic mass is 79.9. The van der Waals surface area contributed by atoms with Crippen molar-refractivity contribution in [1.29, 1.82) is 0 Å². The molecule has 0 aliphatic carbocycles. The molecule has 0 unspecified atom stereocenters. The van der Waals surface area contributed by atoms with Crippen LogP contribution in [0.1, 0.15) is 33.3 Å². The lowest BCUT2D eigenvalue weighted by molar-refractivity contribution is -0.120. The van der Waals surface area contributed by atoms with Crippen molar-refractivity contribution in [2.45, 2.75) is 39.2 Å². The maximum absolute atomic E-state index is 11.7. The van der Waals surface area contributed by atoms with Crippen LogP contribution in [0.25, 0.3) is 0 Å². The molecule has 0 aliphatic heterocycles. The van der Waals surface area contributed by atoms with Crippen molar-refractivity contribution in [1.82, 2.24) is 10.6 Å². The van der Waals surface area contributed by atoms with Crippen LogP contribution >= 0.6 is 15.9 Å². The summed E-state index contributed by atoms with van der Waals surface area (Å²) in [5.74, 6) is 0.0387. The first-order valence-electron chi connectivity index (χ1n) is 6.57. The molecule has 19 heavy (non-hydrogen) atoms. The van der Waals surface area contributed by atoms with Crippen LogP contribution in [-0.2, 0) is 10.2 Å². The molecule has 0 atom stereocenters. The normalized spacial score (nSPS) is 11.7. The first-order chi connectivity index (χ1) is 8.81. The van der Waals surface area contributed by atoms with Crippen molar-refractivity contribution in [3.05, 3.63) is 34.3 Å². The number of nitrogens with one attached hydrogen (secondary N) is 2. The minimum Gasteiger partial charge on any atom is -0.354 e. The Bertz CT molecular complexity index is 430. The number of rotatable bonds is 6. The first kappa shape index (κ1) is 16.2. The van der Waals surface area contributed by atoms with Crippen LogP contribution in [0.5, 0.6) is 0 Å². The van der Waals surface area contributed by atoms with Crippen LogP contribution in [0.15, 0.2) is 28.7 Å². The minimum atomic E-state index is -0.0860. The summed E-state index contributed by atoms with van der Waals surface area (Å²) in [6.45, 7) is 9.31. The van der Waals surface area contributed by atoms with E-state index in [1.54, 1.807) is 0 Å². The standard InChI is InChI=1S/C15H23BrN2O/c1-11(2)17-9-14(19)18-10-15(3,4)12-6-5-7-13(16)8-12/h5-8,11,17H,9-10H2,1-4H3,(H,18,19). The molecule has 2 N–H and O–H groups in total. The summed E-state index contributed by atoms with van der Waals surface area (Å²) in [6.07, 6.45) is 0. The Kier molecular flexibility index (Phi) is 6.01. The van der Waals surface area contributed by atoms with E-state index in [-0.39, 0.29) is 11.3 Å². The lowest BCUT2D eigenvalue weighted by atomic mass is 9.84. The molecule has 0 heterocycles. The van der Waals surface area contributed by atoms with Gasteiger partial charge in [0.2, 0.25) is 5.91 Å². The Morgan fingerprint density at radius 3 is 2.63 bits per heavy atom. The summed E-state index contributed by atoms with van der Waals surface area (Å²) in [6, 6.07) is 8.53. The third-order valence-corrected chi connectivity index (χ3v) is 3.50. The van der Waals surface area contributed by atoms with Gasteiger partial charge in [-0.15, -0.1) is 0 Å². The monoisotopic (exact) mass is 326 g/mol. The Balaban J connectivity index is 2.53. The number of benzene rings is 1. The Morgan fingerprint density at radius 1 is 1.37 bits per heavy atom. The summed E-state index contributed by atoms with van der Waals surface area (Å²) in [5.41, 5.74) is 1.12. The second kappa shape index (κ2) is 7.06. The van der Waals surface area contributed by atoms with Gasteiger partial charge < -0.3 is 10.6 Å². The molecule has 0 bridgehead atoms. The molecule has 0 spiro atoms. The van der Waals surface area contributed by atoms with Crippen molar-refractivity contribution in [3.8, 4) is 0 Å². The number of halogens is 1. The van der Waals surface area contributed by atoms with Gasteiger partial charge in [-0.05, 0) is 17.7 Å². The van der Waals surface area contributed by atoms with Gasteiger partial charge in [-0.1, -0.05) is 55.8 Å². The number of hydrogen-bond acceptors (Lipinski definition) is 2. The van der Waals surface area contributed by atoms with Crippen molar-refractivity contribution in [2.24, 2.45) is 0 Å². The van der Waals surface area contributed by atoms with Crippen LogP contribution in [0.2, 0.25) is 0 Å². The SMILES string of the molecule is CC(C)NCC(=O)NCC(C)(C)c1cccc(Br)c1. The fourth-order valence-electron chi connectivity index (χ4n) is 1.69. The molecule has 1 aromatic carbocycles. The van der Waals surface area contributed by atoms with E-state index in [0.717, 1.165) is 4.47 Å². The maximum atomic E-state index is 11.7. The number of amides is 1. The fourth-order valence-corrected chi connectivity index (χ4v) is 2.09. The van der Waals surface area contributed by atoms with Gasteiger partial charge in [0.15, 0.2) is 0 Å². The minimum absolute atomic E-state index is 0.0387. The van der Waals surface area contributed by atoms with E-state index < -0.39 is 0 Å². The van der Waals surface area contributed by atoms with Gasteiger partial charge >= 0.3 is 0 Å². The van der Waals surface area contributed by atoms with Gasteiger partial charge in [0.05, 0.1) is 6.54 Å². The van der Waals surface area contributed by atoms with Crippen LogP contribution in [0, 0.1) is 0 Å². The molecule has 3 nitrogen and oxygen atoms in total. The average molecular weight is 327 g/mol. The number of hydrogen-bond donors (Lipinski definition) is 2. The first-order valence-corrected chi connectivity index (χ1v) is 7.37. The second-order valence-electron chi connectivity index (χ2n) is 5.71. The van der Waals surface area contributed by atoms with E-state index in [2.05, 4.69) is 52.5 Å². The zero-order chi connectivity index (χ0) is 14.5. The number of carbonyl (C=O) groups excluding carboxylic acids is 1. The van der Waals surface area contributed by atoms with E-state index >= 15 is 0 Å². The molecule has 1 amide bonds. The molecule has 0 aliphatic rings. The third-order valence-electron chi connectivity index (χ3n) is 3.00. The number of carbonyl (C=O) groups is 1. The van der Waals surface area contributed by atoms with Gasteiger partial charge in [0.1, 0.15) is 0 Å². The molecule has 4 heteroatoms. The summed E-state index contributed by atoms with van der Waals surface area (Å²) < 4.78 is 1.06. The molecule has 0 radical (unpaired) electrons. The Morgan fingerprint density at radius 2 is 2.05 bits per heavy atom. The summed E-state index contributed by atoms with van der Waals surface area (Å²) >= 11 is 3.48. The lowest BCUT2D eigenvalue weighted by Gasteiger charge is -2.26. The van der Waals surface area contributed by atoms with Crippen molar-refractivity contribution in [3.63, 3.8) is 0 Å². The largest absolute Gasteiger partial charge is 0.354 e. The predicted molar refractivity (Wildman–Crippen MR) is 83.3 cm³/mol. The molecule has 0 saturated heterocycles. The Labute approximate surface area is 124 Å². The average Bonchev–Trinajstić information content (AvgIpc) is 2.34.